The Morgan fingerprint density at radius 1 is 0.300 bits per heavy atom. The first-order valence-electron chi connectivity index (χ1n) is 8.16. The molecule has 0 heterocycles. The molecule has 0 fully saturated rings. The predicted octanol–water partition coefficient (Wildman–Crippen LogP) is 9.52. The zero-order chi connectivity index (χ0) is 14.4. The van der Waals surface area contributed by atoms with E-state index in [1.165, 1.54) is 57.8 Å². The molecular formula is C20H54. The molecule has 0 aromatic rings. The van der Waals surface area contributed by atoms with Gasteiger partial charge in [0.05, 0.1) is 0 Å². The second-order valence-corrected chi connectivity index (χ2v) is 4.35. The van der Waals surface area contributed by atoms with Crippen LogP contribution in [0.25, 0.3) is 0 Å². The minimum Gasteiger partial charge on any atom is -0.0776 e. The number of hydrogen-bond donors (Lipinski definition) is 0. The SMILES string of the molecule is C.C.C.CCCC.CCCC.CCCC.CCCCC. The van der Waals surface area contributed by atoms with Crippen molar-refractivity contribution in [3.63, 3.8) is 0 Å². The van der Waals surface area contributed by atoms with Gasteiger partial charge < -0.3 is 0 Å². The van der Waals surface area contributed by atoms with Crippen LogP contribution in [0.15, 0.2) is 0 Å². The summed E-state index contributed by atoms with van der Waals surface area (Å²) in [7, 11) is 0. The van der Waals surface area contributed by atoms with Gasteiger partial charge in [-0.15, -0.1) is 0 Å². The smallest absolute Gasteiger partial charge is 0.0538 e. The lowest BCUT2D eigenvalue weighted by Gasteiger charge is -1.79. The van der Waals surface area contributed by atoms with E-state index in [1.807, 2.05) is 0 Å². The van der Waals surface area contributed by atoms with Crippen LogP contribution in [0.3, 0.4) is 0 Å². The third-order valence-corrected chi connectivity index (χ3v) is 2.21. The van der Waals surface area contributed by atoms with Crippen LogP contribution < -0.4 is 0 Å². The molecule has 0 atom stereocenters. The molecule has 134 valence electrons. The fraction of sp³-hybridized carbons (Fsp3) is 1.00. The quantitative estimate of drug-likeness (QED) is 0.473. The fourth-order valence-corrected chi connectivity index (χ4v) is 0.354. The van der Waals surface area contributed by atoms with Crippen molar-refractivity contribution >= 4 is 0 Å². The van der Waals surface area contributed by atoms with Crippen LogP contribution in [0, 0.1) is 0 Å². The second kappa shape index (κ2) is 76.0. The predicted molar refractivity (Wildman–Crippen MR) is 107 cm³/mol. The van der Waals surface area contributed by atoms with Crippen LogP contribution in [-0.4, -0.2) is 0 Å². The number of rotatable bonds is 5. The maximum Gasteiger partial charge on any atom is -0.0538 e. The number of hydrogen-bond acceptors (Lipinski definition) is 0. The summed E-state index contributed by atoms with van der Waals surface area (Å²) in [5, 5.41) is 0. The second-order valence-electron chi connectivity index (χ2n) is 4.35. The average molecular weight is 295 g/mol. The van der Waals surface area contributed by atoms with E-state index in [2.05, 4.69) is 55.4 Å². The van der Waals surface area contributed by atoms with Crippen LogP contribution >= 0.6 is 0 Å². The maximum absolute atomic E-state index is 2.21. The van der Waals surface area contributed by atoms with Gasteiger partial charge in [-0.25, -0.2) is 0 Å². The minimum atomic E-state index is 0. The molecule has 0 radical (unpaired) electrons. The van der Waals surface area contributed by atoms with Gasteiger partial charge in [0.1, 0.15) is 0 Å². The van der Waals surface area contributed by atoms with Crippen LogP contribution in [0.5, 0.6) is 0 Å². The van der Waals surface area contributed by atoms with Gasteiger partial charge in [-0.05, 0) is 0 Å². The van der Waals surface area contributed by atoms with Crippen molar-refractivity contribution in [2.45, 2.75) is 135 Å². The average Bonchev–Trinajstić information content (AvgIpc) is 2.40. The zero-order valence-electron chi connectivity index (χ0n) is 14.4. The van der Waals surface area contributed by atoms with Crippen molar-refractivity contribution in [1.82, 2.24) is 0 Å². The Hall–Kier alpha value is 0. The molecule has 0 nitrogen and oxygen atoms in total. The van der Waals surface area contributed by atoms with Crippen molar-refractivity contribution in [2.24, 2.45) is 0 Å². The van der Waals surface area contributed by atoms with Crippen molar-refractivity contribution in [3.05, 3.63) is 0 Å². The highest BCUT2D eigenvalue weighted by molar-refractivity contribution is 4.24. The Morgan fingerprint density at radius 3 is 0.450 bits per heavy atom. The van der Waals surface area contributed by atoms with E-state index >= 15 is 0 Å². The van der Waals surface area contributed by atoms with E-state index in [-0.39, 0.29) is 22.3 Å². The highest BCUT2D eigenvalue weighted by atomic mass is 13.7. The van der Waals surface area contributed by atoms with Crippen LogP contribution in [0.1, 0.15) is 135 Å². The van der Waals surface area contributed by atoms with E-state index in [1.54, 1.807) is 0 Å². The van der Waals surface area contributed by atoms with Gasteiger partial charge in [0, 0.05) is 0 Å². The summed E-state index contributed by atoms with van der Waals surface area (Å²) < 4.78 is 0. The van der Waals surface area contributed by atoms with Crippen LogP contribution in [0.2, 0.25) is 0 Å². The molecule has 0 N–H and O–H groups in total. The van der Waals surface area contributed by atoms with Crippen molar-refractivity contribution < 1.29 is 0 Å². The van der Waals surface area contributed by atoms with E-state index in [0.29, 0.717) is 0 Å². The standard InChI is InChI=1S/C5H12.3C4H10.3CH4/c1-3-5-4-2;3*1-3-4-2;;;/h3-5H2,1-2H3;3*3-4H2,1-2H3;3*1H4. The molecule has 0 unspecified atom stereocenters. The third-order valence-electron chi connectivity index (χ3n) is 2.21. The first-order chi connectivity index (χ1) is 8.16. The Morgan fingerprint density at radius 2 is 0.450 bits per heavy atom. The Balaban J connectivity index is -0.0000000216. The van der Waals surface area contributed by atoms with E-state index in [9.17, 15) is 0 Å². The molecule has 0 spiro atoms. The van der Waals surface area contributed by atoms with Crippen molar-refractivity contribution in [3.8, 4) is 0 Å². The molecule has 0 rings (SSSR count). The molecule has 0 aliphatic rings. The first kappa shape index (κ1) is 42.7. The summed E-state index contributed by atoms with van der Waals surface area (Å²) >= 11 is 0. The summed E-state index contributed by atoms with van der Waals surface area (Å²) in [5.74, 6) is 0. The largest absolute Gasteiger partial charge is 0.0776 e. The van der Waals surface area contributed by atoms with E-state index < -0.39 is 0 Å². The Kier molecular flexibility index (Phi) is 162. The topological polar surface area (TPSA) is 0 Å². The zero-order valence-corrected chi connectivity index (χ0v) is 14.4. The lowest BCUT2D eigenvalue weighted by Crippen LogP contribution is -1.59. The van der Waals surface area contributed by atoms with Gasteiger partial charge >= 0.3 is 0 Å². The van der Waals surface area contributed by atoms with Gasteiger partial charge in [0.2, 0.25) is 0 Å². The van der Waals surface area contributed by atoms with E-state index in [0.717, 1.165) is 0 Å². The van der Waals surface area contributed by atoms with Crippen LogP contribution in [-0.2, 0) is 0 Å². The first-order valence-corrected chi connectivity index (χ1v) is 8.16. The molecule has 0 aromatic carbocycles. The molecule has 0 aliphatic heterocycles. The summed E-state index contributed by atoms with van der Waals surface area (Å²) in [6.07, 6.45) is 12.0. The molecule has 0 aliphatic carbocycles. The summed E-state index contributed by atoms with van der Waals surface area (Å²) in [4.78, 5) is 0. The lowest BCUT2D eigenvalue weighted by molar-refractivity contribution is 0.772. The lowest BCUT2D eigenvalue weighted by atomic mass is 10.3. The summed E-state index contributed by atoms with van der Waals surface area (Å²) in [5.41, 5.74) is 0. The van der Waals surface area contributed by atoms with Gasteiger partial charge in [-0.3, -0.25) is 0 Å². The fourth-order valence-electron chi connectivity index (χ4n) is 0.354. The molecule has 0 amide bonds. The molecule has 0 saturated carbocycles. The highest BCUT2D eigenvalue weighted by Crippen LogP contribution is 1.88. The molecule has 0 heteroatoms. The van der Waals surface area contributed by atoms with E-state index in [4.69, 9.17) is 0 Å². The van der Waals surface area contributed by atoms with Crippen LogP contribution in [0.4, 0.5) is 0 Å². The summed E-state index contributed by atoms with van der Waals surface area (Å²) in [6.45, 7) is 17.5. The Bertz CT molecular complexity index is 39.5. The summed E-state index contributed by atoms with van der Waals surface area (Å²) in [6, 6.07) is 0. The maximum atomic E-state index is 2.21. The Labute approximate surface area is 136 Å². The molecule has 0 aromatic heterocycles. The van der Waals surface area contributed by atoms with Gasteiger partial charge in [-0.2, -0.15) is 0 Å². The van der Waals surface area contributed by atoms with Gasteiger partial charge in [-0.1, -0.05) is 135 Å². The number of unbranched alkanes of at least 4 members (excludes halogenated alkanes) is 5. The monoisotopic (exact) mass is 294 g/mol. The van der Waals surface area contributed by atoms with Gasteiger partial charge in [0.25, 0.3) is 0 Å². The third kappa shape index (κ3) is 208. The molecule has 0 saturated heterocycles. The van der Waals surface area contributed by atoms with Gasteiger partial charge in [0.15, 0.2) is 0 Å². The normalized spacial score (nSPS) is 6.60. The van der Waals surface area contributed by atoms with Crippen molar-refractivity contribution in [2.75, 3.05) is 0 Å². The molecule has 0 bridgehead atoms. The minimum absolute atomic E-state index is 0. The van der Waals surface area contributed by atoms with Crippen molar-refractivity contribution in [1.29, 1.82) is 0 Å². The molecular weight excluding hydrogens is 240 g/mol. The molecule has 20 heavy (non-hydrogen) atoms. The highest BCUT2D eigenvalue weighted by Gasteiger charge is 1.68.